The fourth-order valence-electron chi connectivity index (χ4n) is 6.83. The molecule has 6 aromatic carbocycles. The third kappa shape index (κ3) is 3.25. The van der Waals surface area contributed by atoms with Crippen molar-refractivity contribution < 1.29 is 0 Å². The molecule has 0 unspecified atom stereocenters. The highest BCUT2D eigenvalue weighted by atomic mass is 15.0. The molecule has 3 nitrogen and oxygen atoms in total. The third-order valence-corrected chi connectivity index (χ3v) is 8.59. The van der Waals surface area contributed by atoms with Gasteiger partial charge in [0.05, 0.1) is 28.3 Å². The van der Waals surface area contributed by atoms with E-state index in [4.69, 9.17) is 0 Å². The standard InChI is InChI=1S/C39H25N3/c1-2-12-28(13-3-1)41-35-18-8-16-31(39(35)33-22-23-40-25-37(33)41)30-15-9-19-36-38(30)32-14-6-7-17-34(32)42(36)29-21-20-26-10-4-5-11-27(26)24-29/h1-25H. The lowest BCUT2D eigenvalue weighted by molar-refractivity contribution is 1.17. The first-order chi connectivity index (χ1) is 20.9. The minimum absolute atomic E-state index is 1.11. The van der Waals surface area contributed by atoms with Gasteiger partial charge in [0.2, 0.25) is 0 Å². The molecule has 0 saturated heterocycles. The molecule has 196 valence electrons. The molecule has 42 heavy (non-hydrogen) atoms. The van der Waals surface area contributed by atoms with Gasteiger partial charge in [-0.3, -0.25) is 4.98 Å². The predicted octanol–water partition coefficient (Wildman–Crippen LogP) is 10.1. The SMILES string of the molecule is c1ccc(-n2c3cnccc3c3c(-c4cccc5c4c4ccccc4n5-c4ccc5ccccc5c4)cccc32)cc1. The molecule has 0 N–H and O–H groups in total. The number of hydrogen-bond donors (Lipinski definition) is 0. The lowest BCUT2D eigenvalue weighted by Gasteiger charge is -2.11. The maximum Gasteiger partial charge on any atom is 0.0724 e. The van der Waals surface area contributed by atoms with Gasteiger partial charge in [0.25, 0.3) is 0 Å². The van der Waals surface area contributed by atoms with E-state index in [9.17, 15) is 0 Å². The number of hydrogen-bond acceptors (Lipinski definition) is 1. The summed E-state index contributed by atoms with van der Waals surface area (Å²) in [7, 11) is 0. The fourth-order valence-corrected chi connectivity index (χ4v) is 6.83. The quantitative estimate of drug-likeness (QED) is 0.221. The number of aromatic nitrogens is 3. The maximum absolute atomic E-state index is 4.52. The van der Waals surface area contributed by atoms with Gasteiger partial charge in [-0.05, 0) is 70.4 Å². The first-order valence-electron chi connectivity index (χ1n) is 14.3. The second kappa shape index (κ2) is 8.92. The van der Waals surface area contributed by atoms with E-state index in [1.807, 2.05) is 12.4 Å². The molecular formula is C39H25N3. The van der Waals surface area contributed by atoms with Crippen LogP contribution in [0.3, 0.4) is 0 Å². The molecule has 0 saturated carbocycles. The van der Waals surface area contributed by atoms with Crippen molar-refractivity contribution in [1.29, 1.82) is 0 Å². The van der Waals surface area contributed by atoms with E-state index >= 15 is 0 Å². The van der Waals surface area contributed by atoms with Crippen LogP contribution in [0.5, 0.6) is 0 Å². The first-order valence-corrected chi connectivity index (χ1v) is 14.3. The zero-order valence-electron chi connectivity index (χ0n) is 22.8. The summed E-state index contributed by atoms with van der Waals surface area (Å²) in [6.07, 6.45) is 3.89. The van der Waals surface area contributed by atoms with Crippen molar-refractivity contribution in [2.45, 2.75) is 0 Å². The topological polar surface area (TPSA) is 22.8 Å². The van der Waals surface area contributed by atoms with Crippen molar-refractivity contribution in [2.75, 3.05) is 0 Å². The van der Waals surface area contributed by atoms with Gasteiger partial charge in [0.15, 0.2) is 0 Å². The Morgan fingerprint density at radius 1 is 0.405 bits per heavy atom. The number of nitrogens with zero attached hydrogens (tertiary/aromatic N) is 3. The number of benzene rings is 6. The highest BCUT2D eigenvalue weighted by Gasteiger charge is 2.20. The molecule has 0 aliphatic heterocycles. The summed E-state index contributed by atoms with van der Waals surface area (Å²) in [6.45, 7) is 0. The van der Waals surface area contributed by atoms with Gasteiger partial charge in [0, 0.05) is 39.1 Å². The van der Waals surface area contributed by atoms with Gasteiger partial charge < -0.3 is 9.13 Å². The molecular weight excluding hydrogens is 510 g/mol. The molecule has 0 aliphatic rings. The molecule has 3 aromatic heterocycles. The second-order valence-corrected chi connectivity index (χ2v) is 10.8. The Bertz CT molecular complexity index is 2460. The minimum atomic E-state index is 1.11. The lowest BCUT2D eigenvalue weighted by atomic mass is 9.95. The predicted molar refractivity (Wildman–Crippen MR) is 176 cm³/mol. The van der Waals surface area contributed by atoms with E-state index in [0.29, 0.717) is 0 Å². The van der Waals surface area contributed by atoms with E-state index in [-0.39, 0.29) is 0 Å². The van der Waals surface area contributed by atoms with E-state index in [1.165, 1.54) is 65.7 Å². The molecule has 0 spiro atoms. The summed E-state index contributed by atoms with van der Waals surface area (Å²) < 4.78 is 4.75. The van der Waals surface area contributed by atoms with Gasteiger partial charge in [-0.25, -0.2) is 0 Å². The van der Waals surface area contributed by atoms with Crippen molar-refractivity contribution in [3.05, 3.63) is 152 Å². The van der Waals surface area contributed by atoms with Crippen LogP contribution in [0.1, 0.15) is 0 Å². The molecule has 9 aromatic rings. The summed E-state index contributed by atoms with van der Waals surface area (Å²) in [5, 5.41) is 7.46. The van der Waals surface area contributed by atoms with Crippen LogP contribution in [0.4, 0.5) is 0 Å². The van der Waals surface area contributed by atoms with Gasteiger partial charge in [-0.2, -0.15) is 0 Å². The van der Waals surface area contributed by atoms with Gasteiger partial charge in [0.1, 0.15) is 0 Å². The number of rotatable bonds is 3. The van der Waals surface area contributed by atoms with Crippen molar-refractivity contribution in [2.24, 2.45) is 0 Å². The smallest absolute Gasteiger partial charge is 0.0724 e. The number of pyridine rings is 1. The van der Waals surface area contributed by atoms with Crippen LogP contribution in [0, 0.1) is 0 Å². The largest absolute Gasteiger partial charge is 0.309 e. The van der Waals surface area contributed by atoms with E-state index < -0.39 is 0 Å². The highest BCUT2D eigenvalue weighted by molar-refractivity contribution is 6.22. The van der Waals surface area contributed by atoms with Crippen LogP contribution in [-0.4, -0.2) is 14.1 Å². The van der Waals surface area contributed by atoms with Gasteiger partial charge in [-0.15, -0.1) is 0 Å². The monoisotopic (exact) mass is 535 g/mol. The zero-order chi connectivity index (χ0) is 27.6. The maximum atomic E-state index is 4.52. The van der Waals surface area contributed by atoms with E-state index in [0.717, 1.165) is 11.2 Å². The Balaban J connectivity index is 1.39. The van der Waals surface area contributed by atoms with Crippen molar-refractivity contribution >= 4 is 54.4 Å². The third-order valence-electron chi connectivity index (χ3n) is 8.59. The molecule has 0 amide bonds. The molecule has 3 heterocycles. The van der Waals surface area contributed by atoms with E-state index in [2.05, 4.69) is 154 Å². The summed E-state index contributed by atoms with van der Waals surface area (Å²) in [4.78, 5) is 4.52. The van der Waals surface area contributed by atoms with Gasteiger partial charge in [-0.1, -0.05) is 91.0 Å². The Hall–Kier alpha value is -5.67. The summed E-state index contributed by atoms with van der Waals surface area (Å²) in [5.41, 5.74) is 9.46. The van der Waals surface area contributed by atoms with Crippen LogP contribution in [0.25, 0.3) is 76.9 Å². The average Bonchev–Trinajstić information content (AvgIpc) is 3.58. The first kappa shape index (κ1) is 23.1. The summed E-state index contributed by atoms with van der Waals surface area (Å²) in [5.74, 6) is 0. The fraction of sp³-hybridized carbons (Fsp3) is 0. The van der Waals surface area contributed by atoms with Crippen LogP contribution < -0.4 is 0 Å². The molecule has 0 fully saturated rings. The molecule has 0 radical (unpaired) electrons. The molecule has 9 rings (SSSR count). The number of fused-ring (bicyclic) bond motifs is 7. The van der Waals surface area contributed by atoms with Crippen molar-refractivity contribution in [3.8, 4) is 22.5 Å². The van der Waals surface area contributed by atoms with Crippen molar-refractivity contribution in [1.82, 2.24) is 14.1 Å². The highest BCUT2D eigenvalue weighted by Crippen LogP contribution is 2.43. The minimum Gasteiger partial charge on any atom is -0.309 e. The summed E-state index contributed by atoms with van der Waals surface area (Å²) >= 11 is 0. The number of para-hydroxylation sites is 2. The van der Waals surface area contributed by atoms with Crippen LogP contribution in [0.2, 0.25) is 0 Å². The molecule has 0 bridgehead atoms. The van der Waals surface area contributed by atoms with Gasteiger partial charge >= 0.3 is 0 Å². The molecule has 0 aliphatic carbocycles. The van der Waals surface area contributed by atoms with Crippen molar-refractivity contribution in [3.63, 3.8) is 0 Å². The Morgan fingerprint density at radius 2 is 1.02 bits per heavy atom. The Labute approximate surface area is 242 Å². The summed E-state index contributed by atoms with van der Waals surface area (Å²) in [6, 6.07) is 50.3. The Kier molecular flexibility index (Phi) is 4.90. The second-order valence-electron chi connectivity index (χ2n) is 10.8. The Morgan fingerprint density at radius 3 is 1.81 bits per heavy atom. The lowest BCUT2D eigenvalue weighted by Crippen LogP contribution is -1.94. The normalized spacial score (nSPS) is 11.8. The van der Waals surface area contributed by atoms with Crippen LogP contribution in [0.15, 0.2) is 152 Å². The van der Waals surface area contributed by atoms with Crippen LogP contribution in [-0.2, 0) is 0 Å². The molecule has 3 heteroatoms. The zero-order valence-corrected chi connectivity index (χ0v) is 22.8. The van der Waals surface area contributed by atoms with Crippen LogP contribution >= 0.6 is 0 Å². The average molecular weight is 536 g/mol. The molecule has 0 atom stereocenters. The van der Waals surface area contributed by atoms with E-state index in [1.54, 1.807) is 0 Å².